The first-order valence-corrected chi connectivity index (χ1v) is 7.13. The largest absolute Gasteiger partial charge is 0.374 e. The summed E-state index contributed by atoms with van der Waals surface area (Å²) in [6, 6.07) is 1.29. The van der Waals surface area contributed by atoms with E-state index in [-0.39, 0.29) is 18.3 Å². The van der Waals surface area contributed by atoms with Gasteiger partial charge in [0, 0.05) is 19.4 Å². The molecule has 21 heavy (non-hydrogen) atoms. The lowest BCUT2D eigenvalue weighted by atomic mass is 10.1. The number of methoxy groups -OCH3 is 1. The highest BCUT2D eigenvalue weighted by Gasteiger charge is 2.46. The molecule has 1 aromatic rings. The Bertz CT molecular complexity index is 579. The SMILES string of the molecule is CC[C@H]1O[C@@H](n2ccc(=O)[nH]c2=O)C(OC)C1OC(C)C. The van der Waals surface area contributed by atoms with Gasteiger partial charge in [0.2, 0.25) is 0 Å². The standard InChI is InChI=1S/C14H22N2O5/c1-5-9-11(20-8(2)3)12(19-4)13(21-9)16-7-6-10(17)15-14(16)18/h6-9,11-13H,5H2,1-4H3,(H,15,17,18)/t9-,11?,12?,13-/m1/s1. The van der Waals surface area contributed by atoms with Gasteiger partial charge in [-0.2, -0.15) is 0 Å². The van der Waals surface area contributed by atoms with Gasteiger partial charge in [-0.05, 0) is 20.3 Å². The summed E-state index contributed by atoms with van der Waals surface area (Å²) in [5.41, 5.74) is -0.958. The summed E-state index contributed by atoms with van der Waals surface area (Å²) in [4.78, 5) is 25.3. The molecule has 0 bridgehead atoms. The Morgan fingerprint density at radius 1 is 1.38 bits per heavy atom. The van der Waals surface area contributed by atoms with E-state index in [9.17, 15) is 9.59 Å². The summed E-state index contributed by atoms with van der Waals surface area (Å²) in [5.74, 6) is 0. The predicted molar refractivity (Wildman–Crippen MR) is 76.3 cm³/mol. The van der Waals surface area contributed by atoms with E-state index in [1.165, 1.54) is 16.8 Å². The molecular formula is C14H22N2O5. The Morgan fingerprint density at radius 3 is 2.62 bits per heavy atom. The number of nitrogens with zero attached hydrogens (tertiary/aromatic N) is 1. The first kappa shape index (κ1) is 15.9. The molecule has 0 amide bonds. The van der Waals surface area contributed by atoms with Crippen molar-refractivity contribution in [1.29, 1.82) is 0 Å². The number of hydrogen-bond donors (Lipinski definition) is 1. The fourth-order valence-electron chi connectivity index (χ4n) is 2.62. The third-order valence-corrected chi connectivity index (χ3v) is 3.51. The van der Waals surface area contributed by atoms with Gasteiger partial charge in [-0.3, -0.25) is 14.3 Å². The molecule has 1 fully saturated rings. The lowest BCUT2D eigenvalue weighted by Gasteiger charge is -2.25. The van der Waals surface area contributed by atoms with Gasteiger partial charge in [0.25, 0.3) is 5.56 Å². The van der Waals surface area contributed by atoms with Crippen LogP contribution in [0.2, 0.25) is 0 Å². The normalized spacial score (nSPS) is 29.2. The Balaban J connectivity index is 2.35. The number of hydrogen-bond acceptors (Lipinski definition) is 5. The minimum atomic E-state index is -0.618. The Morgan fingerprint density at radius 2 is 2.10 bits per heavy atom. The van der Waals surface area contributed by atoms with Crippen molar-refractivity contribution in [2.24, 2.45) is 0 Å². The molecule has 0 spiro atoms. The van der Waals surface area contributed by atoms with Crippen molar-refractivity contribution in [3.8, 4) is 0 Å². The molecule has 0 aliphatic carbocycles. The van der Waals surface area contributed by atoms with Crippen LogP contribution in [0.25, 0.3) is 0 Å². The van der Waals surface area contributed by atoms with E-state index in [1.807, 2.05) is 20.8 Å². The molecule has 118 valence electrons. The number of H-pyrrole nitrogens is 1. The summed E-state index contributed by atoms with van der Waals surface area (Å²) < 4.78 is 18.7. The van der Waals surface area contributed by atoms with Crippen molar-refractivity contribution < 1.29 is 14.2 Å². The zero-order chi connectivity index (χ0) is 15.6. The lowest BCUT2D eigenvalue weighted by Crippen LogP contribution is -2.40. The van der Waals surface area contributed by atoms with Gasteiger partial charge in [-0.25, -0.2) is 4.79 Å². The molecule has 1 aliphatic heterocycles. The number of ether oxygens (including phenoxy) is 3. The highest BCUT2D eigenvalue weighted by Crippen LogP contribution is 2.34. The zero-order valence-corrected chi connectivity index (χ0v) is 12.7. The molecule has 1 aliphatic rings. The summed E-state index contributed by atoms with van der Waals surface area (Å²) >= 11 is 0. The van der Waals surface area contributed by atoms with E-state index < -0.39 is 23.6 Å². The molecule has 2 rings (SSSR count). The number of aromatic nitrogens is 2. The predicted octanol–water partition coefficient (Wildman–Crippen LogP) is 0.653. The Hall–Kier alpha value is -1.44. The second-order valence-corrected chi connectivity index (χ2v) is 5.34. The van der Waals surface area contributed by atoms with Gasteiger partial charge in [-0.15, -0.1) is 0 Å². The first-order chi connectivity index (χ1) is 9.97. The molecule has 0 aromatic carbocycles. The molecule has 1 saturated heterocycles. The monoisotopic (exact) mass is 298 g/mol. The Labute approximate surface area is 122 Å². The topological polar surface area (TPSA) is 82.6 Å². The van der Waals surface area contributed by atoms with Crippen molar-refractivity contribution in [3.63, 3.8) is 0 Å². The fourth-order valence-corrected chi connectivity index (χ4v) is 2.62. The van der Waals surface area contributed by atoms with Gasteiger partial charge in [-0.1, -0.05) is 6.92 Å². The molecule has 7 nitrogen and oxygen atoms in total. The van der Waals surface area contributed by atoms with Gasteiger partial charge >= 0.3 is 5.69 Å². The lowest BCUT2D eigenvalue weighted by molar-refractivity contribution is -0.0792. The summed E-state index contributed by atoms with van der Waals surface area (Å²) in [5, 5.41) is 0. The van der Waals surface area contributed by atoms with Crippen LogP contribution in [0.4, 0.5) is 0 Å². The molecule has 2 unspecified atom stereocenters. The minimum Gasteiger partial charge on any atom is -0.374 e. The first-order valence-electron chi connectivity index (χ1n) is 7.13. The van der Waals surface area contributed by atoms with Gasteiger partial charge in [0.05, 0.1) is 12.2 Å². The average Bonchev–Trinajstić information content (AvgIpc) is 2.75. The molecule has 2 heterocycles. The minimum absolute atomic E-state index is 0.0244. The van der Waals surface area contributed by atoms with Crippen LogP contribution in [-0.2, 0) is 14.2 Å². The molecule has 7 heteroatoms. The molecular weight excluding hydrogens is 276 g/mol. The van der Waals surface area contributed by atoms with Crippen LogP contribution in [0.1, 0.15) is 33.4 Å². The summed E-state index contributed by atoms with van der Waals surface area (Å²) in [7, 11) is 1.56. The highest BCUT2D eigenvalue weighted by molar-refractivity contribution is 4.94. The van der Waals surface area contributed by atoms with Crippen molar-refractivity contribution in [3.05, 3.63) is 33.1 Å². The quantitative estimate of drug-likeness (QED) is 0.863. The maximum absolute atomic E-state index is 11.9. The second kappa shape index (κ2) is 6.55. The van der Waals surface area contributed by atoms with Gasteiger partial charge < -0.3 is 14.2 Å². The van der Waals surface area contributed by atoms with Crippen LogP contribution >= 0.6 is 0 Å². The van der Waals surface area contributed by atoms with Crippen LogP contribution in [-0.4, -0.2) is 41.1 Å². The Kier molecular flexibility index (Phi) is 4.97. The van der Waals surface area contributed by atoms with Gasteiger partial charge in [0.15, 0.2) is 6.23 Å². The third kappa shape index (κ3) is 3.25. The highest BCUT2D eigenvalue weighted by atomic mass is 16.6. The summed E-state index contributed by atoms with van der Waals surface area (Å²) in [6.07, 6.45) is 0.726. The maximum Gasteiger partial charge on any atom is 0.330 e. The average molecular weight is 298 g/mol. The number of nitrogens with one attached hydrogen (secondary N) is 1. The van der Waals surface area contributed by atoms with E-state index >= 15 is 0 Å². The van der Waals surface area contributed by atoms with Crippen molar-refractivity contribution in [1.82, 2.24) is 9.55 Å². The maximum atomic E-state index is 11.9. The van der Waals surface area contributed by atoms with Crippen LogP contribution in [0, 0.1) is 0 Å². The molecule has 0 saturated carbocycles. The van der Waals surface area contributed by atoms with Crippen molar-refractivity contribution in [2.45, 2.75) is 57.8 Å². The van der Waals surface area contributed by atoms with E-state index in [4.69, 9.17) is 14.2 Å². The van der Waals surface area contributed by atoms with E-state index in [0.717, 1.165) is 6.42 Å². The fraction of sp³-hybridized carbons (Fsp3) is 0.714. The molecule has 4 atom stereocenters. The number of rotatable bonds is 5. The molecule has 1 aromatic heterocycles. The van der Waals surface area contributed by atoms with Crippen molar-refractivity contribution in [2.75, 3.05) is 7.11 Å². The van der Waals surface area contributed by atoms with Crippen LogP contribution < -0.4 is 11.2 Å². The molecule has 0 radical (unpaired) electrons. The number of aromatic amines is 1. The van der Waals surface area contributed by atoms with E-state index in [0.29, 0.717) is 0 Å². The summed E-state index contributed by atoms with van der Waals surface area (Å²) in [6.45, 7) is 5.88. The van der Waals surface area contributed by atoms with Crippen LogP contribution in [0.3, 0.4) is 0 Å². The van der Waals surface area contributed by atoms with Gasteiger partial charge in [0.1, 0.15) is 12.2 Å². The smallest absolute Gasteiger partial charge is 0.330 e. The zero-order valence-electron chi connectivity index (χ0n) is 12.7. The van der Waals surface area contributed by atoms with Crippen LogP contribution in [0.5, 0.6) is 0 Å². The second-order valence-electron chi connectivity index (χ2n) is 5.34. The van der Waals surface area contributed by atoms with Crippen molar-refractivity contribution >= 4 is 0 Å². The molecule has 1 N–H and O–H groups in total. The van der Waals surface area contributed by atoms with E-state index in [2.05, 4.69) is 4.98 Å². The van der Waals surface area contributed by atoms with Crippen LogP contribution in [0.15, 0.2) is 21.9 Å². The third-order valence-electron chi connectivity index (χ3n) is 3.51. The van der Waals surface area contributed by atoms with E-state index in [1.54, 1.807) is 7.11 Å².